The van der Waals surface area contributed by atoms with E-state index >= 15 is 0 Å². The Labute approximate surface area is 153 Å². The number of aromatic nitrogens is 1. The molecule has 4 nitrogen and oxygen atoms in total. The van der Waals surface area contributed by atoms with Crippen molar-refractivity contribution < 1.29 is 4.79 Å². The Morgan fingerprint density at radius 2 is 1.73 bits per heavy atom. The number of carbonyl (C=O) groups is 1. The lowest BCUT2D eigenvalue weighted by Crippen LogP contribution is -2.44. The van der Waals surface area contributed by atoms with Gasteiger partial charge in [-0.15, -0.1) is 0 Å². The van der Waals surface area contributed by atoms with Crippen molar-refractivity contribution in [3.63, 3.8) is 0 Å². The van der Waals surface area contributed by atoms with Gasteiger partial charge in [0.15, 0.2) is 0 Å². The Kier molecular flexibility index (Phi) is 4.67. The third-order valence-electron chi connectivity index (χ3n) is 5.19. The van der Waals surface area contributed by atoms with E-state index < -0.39 is 0 Å². The van der Waals surface area contributed by atoms with Crippen LogP contribution in [0.5, 0.6) is 0 Å². The molecule has 0 saturated carbocycles. The molecule has 0 unspecified atom stereocenters. The molecule has 1 aliphatic rings. The third kappa shape index (κ3) is 3.20. The molecule has 0 atom stereocenters. The topological polar surface area (TPSA) is 45.2 Å². The van der Waals surface area contributed by atoms with Gasteiger partial charge in [-0.05, 0) is 38.1 Å². The Morgan fingerprint density at radius 3 is 2.50 bits per heavy atom. The number of hydrogen-bond donors (Lipinski definition) is 1. The van der Waals surface area contributed by atoms with Gasteiger partial charge < -0.3 is 10.2 Å². The highest BCUT2D eigenvalue weighted by atomic mass is 16.2. The van der Waals surface area contributed by atoms with Crippen LogP contribution in [-0.2, 0) is 0 Å². The fraction of sp³-hybridized carbons (Fsp3) is 0.273. The van der Waals surface area contributed by atoms with Crippen LogP contribution in [0.2, 0.25) is 0 Å². The van der Waals surface area contributed by atoms with Crippen molar-refractivity contribution in [3.05, 3.63) is 66.2 Å². The van der Waals surface area contributed by atoms with Crippen molar-refractivity contribution in [3.8, 4) is 11.3 Å². The minimum absolute atomic E-state index is 0.0766. The lowest BCUT2D eigenvalue weighted by atomic mass is 10.0. The summed E-state index contributed by atoms with van der Waals surface area (Å²) in [7, 11) is 1.93. The number of carbonyl (C=O) groups excluding carboxylic acids is 1. The molecule has 0 radical (unpaired) electrons. The molecule has 1 aromatic heterocycles. The number of rotatable bonds is 3. The Bertz CT molecular complexity index is 917. The van der Waals surface area contributed by atoms with E-state index in [1.54, 1.807) is 0 Å². The largest absolute Gasteiger partial charge is 0.339 e. The first-order valence-corrected chi connectivity index (χ1v) is 9.17. The van der Waals surface area contributed by atoms with Crippen LogP contribution in [0.25, 0.3) is 22.2 Å². The van der Waals surface area contributed by atoms with Crippen molar-refractivity contribution in [1.82, 2.24) is 15.2 Å². The van der Waals surface area contributed by atoms with Crippen LogP contribution in [0.3, 0.4) is 0 Å². The van der Waals surface area contributed by atoms with Crippen LogP contribution in [0.15, 0.2) is 60.7 Å². The highest BCUT2D eigenvalue weighted by Crippen LogP contribution is 2.26. The second-order valence-corrected chi connectivity index (χ2v) is 6.84. The molecule has 1 fully saturated rings. The molecule has 0 spiro atoms. The van der Waals surface area contributed by atoms with E-state index in [9.17, 15) is 4.79 Å². The average Bonchev–Trinajstić information content (AvgIpc) is 2.73. The van der Waals surface area contributed by atoms with Crippen LogP contribution in [0.4, 0.5) is 0 Å². The van der Waals surface area contributed by atoms with Gasteiger partial charge >= 0.3 is 0 Å². The van der Waals surface area contributed by atoms with E-state index in [1.165, 1.54) is 0 Å². The van der Waals surface area contributed by atoms with Gasteiger partial charge in [-0.1, -0.05) is 48.5 Å². The molecular weight excluding hydrogens is 322 g/mol. The van der Waals surface area contributed by atoms with Gasteiger partial charge in [-0.2, -0.15) is 0 Å². The maximum Gasteiger partial charge on any atom is 0.254 e. The average molecular weight is 345 g/mol. The van der Waals surface area contributed by atoms with Crippen LogP contribution in [0.1, 0.15) is 23.2 Å². The van der Waals surface area contributed by atoms with E-state index in [0.29, 0.717) is 0 Å². The maximum absolute atomic E-state index is 13.3. The van der Waals surface area contributed by atoms with Gasteiger partial charge in [0.1, 0.15) is 0 Å². The quantitative estimate of drug-likeness (QED) is 0.787. The zero-order valence-electron chi connectivity index (χ0n) is 15.0. The minimum atomic E-state index is 0.0766. The molecule has 3 aromatic rings. The number of fused-ring (bicyclic) bond motifs is 1. The van der Waals surface area contributed by atoms with E-state index in [2.05, 4.69) is 5.32 Å². The fourth-order valence-corrected chi connectivity index (χ4v) is 3.66. The van der Waals surface area contributed by atoms with Crippen LogP contribution in [0, 0.1) is 0 Å². The maximum atomic E-state index is 13.3. The van der Waals surface area contributed by atoms with E-state index in [4.69, 9.17) is 4.98 Å². The first-order chi connectivity index (χ1) is 12.7. The molecule has 26 heavy (non-hydrogen) atoms. The van der Waals surface area contributed by atoms with E-state index in [0.717, 1.165) is 53.7 Å². The summed E-state index contributed by atoms with van der Waals surface area (Å²) < 4.78 is 0. The van der Waals surface area contributed by atoms with E-state index in [1.807, 2.05) is 72.6 Å². The fourth-order valence-electron chi connectivity index (χ4n) is 3.66. The molecular formula is C22H23N3O. The summed E-state index contributed by atoms with van der Waals surface area (Å²) in [4.78, 5) is 20.0. The van der Waals surface area contributed by atoms with Gasteiger partial charge in [0.2, 0.25) is 0 Å². The number of amides is 1. The van der Waals surface area contributed by atoms with Crippen LogP contribution >= 0.6 is 0 Å². The standard InChI is InChI=1S/C22H23N3O/c1-25(17-11-13-23-14-12-17)22(26)19-15-21(16-7-3-2-4-8-16)24-20-10-6-5-9-18(19)20/h2-10,15,17,23H,11-14H2,1H3. The normalized spacial score (nSPS) is 15.1. The predicted octanol–water partition coefficient (Wildman–Crippen LogP) is 3.73. The number of benzene rings is 2. The van der Waals surface area contributed by atoms with E-state index in [-0.39, 0.29) is 11.9 Å². The zero-order chi connectivity index (χ0) is 17.9. The Morgan fingerprint density at radius 1 is 1.04 bits per heavy atom. The highest BCUT2D eigenvalue weighted by Gasteiger charge is 2.24. The lowest BCUT2D eigenvalue weighted by Gasteiger charge is -2.32. The van der Waals surface area contributed by atoms with Crippen molar-refractivity contribution in [2.45, 2.75) is 18.9 Å². The smallest absolute Gasteiger partial charge is 0.254 e. The van der Waals surface area contributed by atoms with Gasteiger partial charge in [0, 0.05) is 24.0 Å². The molecule has 1 amide bonds. The Hall–Kier alpha value is -2.72. The number of para-hydroxylation sites is 1. The number of nitrogens with zero attached hydrogens (tertiary/aromatic N) is 2. The zero-order valence-corrected chi connectivity index (χ0v) is 15.0. The molecule has 0 bridgehead atoms. The minimum Gasteiger partial charge on any atom is -0.339 e. The molecule has 1 N–H and O–H groups in total. The lowest BCUT2D eigenvalue weighted by molar-refractivity contribution is 0.0705. The number of pyridine rings is 1. The van der Waals surface area contributed by atoms with Gasteiger partial charge in [-0.25, -0.2) is 4.98 Å². The summed E-state index contributed by atoms with van der Waals surface area (Å²) in [5, 5.41) is 4.28. The SMILES string of the molecule is CN(C(=O)c1cc(-c2ccccc2)nc2ccccc12)C1CCNCC1. The summed E-state index contributed by atoms with van der Waals surface area (Å²) in [5.74, 6) is 0.0766. The summed E-state index contributed by atoms with van der Waals surface area (Å²) in [6.07, 6.45) is 1.99. The third-order valence-corrected chi connectivity index (χ3v) is 5.19. The first-order valence-electron chi connectivity index (χ1n) is 9.17. The number of hydrogen-bond acceptors (Lipinski definition) is 3. The molecule has 2 heterocycles. The molecule has 132 valence electrons. The monoisotopic (exact) mass is 345 g/mol. The molecule has 2 aromatic carbocycles. The predicted molar refractivity (Wildman–Crippen MR) is 105 cm³/mol. The summed E-state index contributed by atoms with van der Waals surface area (Å²) in [5.41, 5.74) is 3.45. The molecule has 4 rings (SSSR count). The number of nitrogens with one attached hydrogen (secondary N) is 1. The molecule has 4 heteroatoms. The summed E-state index contributed by atoms with van der Waals surface area (Å²) in [6.45, 7) is 1.93. The number of piperidine rings is 1. The highest BCUT2D eigenvalue weighted by molar-refractivity contribution is 6.07. The van der Waals surface area contributed by atoms with Crippen molar-refractivity contribution in [2.24, 2.45) is 0 Å². The second kappa shape index (κ2) is 7.26. The molecule has 1 saturated heterocycles. The molecule has 0 aliphatic carbocycles. The molecule has 1 aliphatic heterocycles. The van der Waals surface area contributed by atoms with Crippen molar-refractivity contribution >= 4 is 16.8 Å². The second-order valence-electron chi connectivity index (χ2n) is 6.84. The summed E-state index contributed by atoms with van der Waals surface area (Å²) in [6, 6.07) is 20.2. The van der Waals surface area contributed by atoms with Crippen LogP contribution < -0.4 is 5.32 Å². The Balaban J connectivity index is 1.78. The van der Waals surface area contributed by atoms with Gasteiger partial charge in [-0.3, -0.25) is 4.79 Å². The van der Waals surface area contributed by atoms with Gasteiger partial charge in [0.25, 0.3) is 5.91 Å². The van der Waals surface area contributed by atoms with Crippen molar-refractivity contribution in [2.75, 3.05) is 20.1 Å². The van der Waals surface area contributed by atoms with Crippen LogP contribution in [-0.4, -0.2) is 42.0 Å². The summed E-state index contributed by atoms with van der Waals surface area (Å²) >= 11 is 0. The first kappa shape index (κ1) is 16.7. The van der Waals surface area contributed by atoms with Crippen molar-refractivity contribution in [1.29, 1.82) is 0 Å². The van der Waals surface area contributed by atoms with Gasteiger partial charge in [0.05, 0.1) is 16.8 Å².